The van der Waals surface area contributed by atoms with E-state index in [0.717, 1.165) is 13.0 Å². The van der Waals surface area contributed by atoms with Gasteiger partial charge in [-0.1, -0.05) is 0 Å². The third-order valence-corrected chi connectivity index (χ3v) is 2.84. The SMILES string of the molecule is CC(C#N)(COC1CCOC1)NC1CC1. The van der Waals surface area contributed by atoms with Crippen molar-refractivity contribution in [2.24, 2.45) is 0 Å². The molecule has 1 saturated carbocycles. The minimum Gasteiger partial charge on any atom is -0.379 e. The molecule has 2 atom stereocenters. The van der Waals surface area contributed by atoms with Gasteiger partial charge in [0.2, 0.25) is 0 Å². The third-order valence-electron chi connectivity index (χ3n) is 2.84. The molecule has 0 aromatic rings. The van der Waals surface area contributed by atoms with Gasteiger partial charge in [0.1, 0.15) is 5.54 Å². The molecule has 2 fully saturated rings. The Morgan fingerprint density at radius 1 is 1.53 bits per heavy atom. The number of nitrogens with zero attached hydrogens (tertiary/aromatic N) is 1. The van der Waals surface area contributed by atoms with Crippen LogP contribution in [0.3, 0.4) is 0 Å². The molecule has 4 heteroatoms. The van der Waals surface area contributed by atoms with E-state index in [4.69, 9.17) is 14.7 Å². The van der Waals surface area contributed by atoms with E-state index >= 15 is 0 Å². The van der Waals surface area contributed by atoms with Crippen molar-refractivity contribution in [1.29, 1.82) is 5.26 Å². The molecule has 0 amide bonds. The predicted molar refractivity (Wildman–Crippen MR) is 55.4 cm³/mol. The fourth-order valence-electron chi connectivity index (χ4n) is 1.71. The molecule has 1 heterocycles. The summed E-state index contributed by atoms with van der Waals surface area (Å²) in [6.45, 7) is 3.81. The molecule has 84 valence electrons. The van der Waals surface area contributed by atoms with Crippen molar-refractivity contribution >= 4 is 0 Å². The lowest BCUT2D eigenvalue weighted by Gasteiger charge is -2.24. The highest BCUT2D eigenvalue weighted by atomic mass is 16.5. The van der Waals surface area contributed by atoms with Gasteiger partial charge in [0.15, 0.2) is 0 Å². The summed E-state index contributed by atoms with van der Waals surface area (Å²) in [4.78, 5) is 0. The maximum atomic E-state index is 9.11. The lowest BCUT2D eigenvalue weighted by Crippen LogP contribution is -2.47. The molecule has 4 nitrogen and oxygen atoms in total. The average molecular weight is 210 g/mol. The first-order valence-electron chi connectivity index (χ1n) is 5.60. The van der Waals surface area contributed by atoms with Crippen LogP contribution in [0.25, 0.3) is 0 Å². The molecular weight excluding hydrogens is 192 g/mol. The van der Waals surface area contributed by atoms with Crippen LogP contribution in [0.1, 0.15) is 26.2 Å². The van der Waals surface area contributed by atoms with E-state index in [2.05, 4.69) is 11.4 Å². The topological polar surface area (TPSA) is 54.3 Å². The van der Waals surface area contributed by atoms with Gasteiger partial charge in [0, 0.05) is 12.6 Å². The van der Waals surface area contributed by atoms with Crippen molar-refractivity contribution in [2.45, 2.75) is 43.9 Å². The molecular formula is C11H18N2O2. The third kappa shape index (κ3) is 3.16. The van der Waals surface area contributed by atoms with Crippen molar-refractivity contribution in [3.63, 3.8) is 0 Å². The van der Waals surface area contributed by atoms with Crippen LogP contribution in [0.4, 0.5) is 0 Å². The maximum absolute atomic E-state index is 9.11. The van der Waals surface area contributed by atoms with Gasteiger partial charge in [0.05, 0.1) is 25.4 Å². The fraction of sp³-hybridized carbons (Fsp3) is 0.909. The van der Waals surface area contributed by atoms with E-state index in [1.165, 1.54) is 12.8 Å². The molecule has 1 N–H and O–H groups in total. The minimum atomic E-state index is -0.538. The second-order valence-electron chi connectivity index (χ2n) is 4.66. The standard InChI is InChI=1S/C11H18N2O2/c1-11(7-12,13-9-2-3-9)8-15-10-4-5-14-6-10/h9-10,13H,2-6,8H2,1H3. The second kappa shape index (κ2) is 4.48. The molecule has 0 aromatic carbocycles. The van der Waals surface area contributed by atoms with Gasteiger partial charge < -0.3 is 9.47 Å². The Balaban J connectivity index is 1.75. The van der Waals surface area contributed by atoms with Crippen LogP contribution < -0.4 is 5.32 Å². The Kier molecular flexibility index (Phi) is 3.25. The summed E-state index contributed by atoms with van der Waals surface area (Å²) in [6.07, 6.45) is 3.50. The number of rotatable bonds is 5. The minimum absolute atomic E-state index is 0.179. The fourth-order valence-corrected chi connectivity index (χ4v) is 1.71. The van der Waals surface area contributed by atoms with E-state index in [0.29, 0.717) is 19.3 Å². The molecule has 1 aliphatic carbocycles. The summed E-state index contributed by atoms with van der Waals surface area (Å²) in [5.74, 6) is 0. The number of hydrogen-bond donors (Lipinski definition) is 1. The molecule has 0 spiro atoms. The van der Waals surface area contributed by atoms with Gasteiger partial charge in [-0.3, -0.25) is 5.32 Å². The van der Waals surface area contributed by atoms with E-state index in [1.807, 2.05) is 6.92 Å². The van der Waals surface area contributed by atoms with Crippen molar-refractivity contribution in [3.05, 3.63) is 0 Å². The highest BCUT2D eigenvalue weighted by Gasteiger charge is 2.33. The molecule has 1 aliphatic heterocycles. The zero-order valence-electron chi connectivity index (χ0n) is 9.16. The second-order valence-corrected chi connectivity index (χ2v) is 4.66. The molecule has 0 aromatic heterocycles. The van der Waals surface area contributed by atoms with E-state index in [-0.39, 0.29) is 6.10 Å². The van der Waals surface area contributed by atoms with Gasteiger partial charge in [-0.15, -0.1) is 0 Å². The van der Waals surface area contributed by atoms with Gasteiger partial charge in [-0.25, -0.2) is 0 Å². The van der Waals surface area contributed by atoms with Crippen LogP contribution in [-0.2, 0) is 9.47 Å². The molecule has 2 aliphatic rings. The first-order valence-corrected chi connectivity index (χ1v) is 5.60. The lowest BCUT2D eigenvalue weighted by atomic mass is 10.1. The Labute approximate surface area is 90.5 Å². The van der Waals surface area contributed by atoms with Gasteiger partial charge >= 0.3 is 0 Å². The van der Waals surface area contributed by atoms with Crippen molar-refractivity contribution in [2.75, 3.05) is 19.8 Å². The van der Waals surface area contributed by atoms with Crippen LogP contribution in [0.2, 0.25) is 0 Å². The predicted octanol–water partition coefficient (Wildman–Crippen LogP) is 0.826. The van der Waals surface area contributed by atoms with Gasteiger partial charge in [-0.05, 0) is 26.2 Å². The number of ether oxygens (including phenoxy) is 2. The largest absolute Gasteiger partial charge is 0.379 e. The Morgan fingerprint density at radius 3 is 2.87 bits per heavy atom. The Bertz CT molecular complexity index is 254. The molecule has 0 bridgehead atoms. The first kappa shape index (κ1) is 10.9. The monoisotopic (exact) mass is 210 g/mol. The van der Waals surface area contributed by atoms with Crippen LogP contribution in [0.5, 0.6) is 0 Å². The molecule has 1 saturated heterocycles. The summed E-state index contributed by atoms with van der Waals surface area (Å²) in [5, 5.41) is 12.4. The van der Waals surface area contributed by atoms with Crippen LogP contribution in [0, 0.1) is 11.3 Å². The number of nitriles is 1. The highest BCUT2D eigenvalue weighted by Crippen LogP contribution is 2.23. The maximum Gasteiger partial charge on any atom is 0.127 e. The number of hydrogen-bond acceptors (Lipinski definition) is 4. The summed E-state index contributed by atoms with van der Waals surface area (Å²) in [6, 6.07) is 2.82. The van der Waals surface area contributed by atoms with Crippen LogP contribution >= 0.6 is 0 Å². The zero-order chi connectivity index (χ0) is 10.7. The highest BCUT2D eigenvalue weighted by molar-refractivity contribution is 5.07. The van der Waals surface area contributed by atoms with Gasteiger partial charge in [0.25, 0.3) is 0 Å². The van der Waals surface area contributed by atoms with Crippen molar-refractivity contribution < 1.29 is 9.47 Å². The molecule has 15 heavy (non-hydrogen) atoms. The summed E-state index contributed by atoms with van der Waals surface area (Å²) >= 11 is 0. The molecule has 0 radical (unpaired) electrons. The summed E-state index contributed by atoms with van der Waals surface area (Å²) < 4.78 is 10.9. The van der Waals surface area contributed by atoms with Crippen molar-refractivity contribution in [1.82, 2.24) is 5.32 Å². The first-order chi connectivity index (χ1) is 7.22. The zero-order valence-corrected chi connectivity index (χ0v) is 9.16. The van der Waals surface area contributed by atoms with E-state index < -0.39 is 5.54 Å². The smallest absolute Gasteiger partial charge is 0.127 e. The average Bonchev–Trinajstić information content (AvgIpc) is 2.88. The summed E-state index contributed by atoms with van der Waals surface area (Å²) in [7, 11) is 0. The Morgan fingerprint density at radius 2 is 2.33 bits per heavy atom. The quantitative estimate of drug-likeness (QED) is 0.730. The van der Waals surface area contributed by atoms with Crippen LogP contribution in [-0.4, -0.2) is 37.5 Å². The van der Waals surface area contributed by atoms with Crippen molar-refractivity contribution in [3.8, 4) is 6.07 Å². The van der Waals surface area contributed by atoms with E-state index in [9.17, 15) is 0 Å². The normalized spacial score (nSPS) is 29.7. The number of nitrogens with one attached hydrogen (secondary N) is 1. The molecule has 2 unspecified atom stereocenters. The van der Waals surface area contributed by atoms with E-state index in [1.54, 1.807) is 0 Å². The molecule has 2 rings (SSSR count). The Hall–Kier alpha value is -0.630. The summed E-state index contributed by atoms with van der Waals surface area (Å²) in [5.41, 5.74) is -0.538. The van der Waals surface area contributed by atoms with Gasteiger partial charge in [-0.2, -0.15) is 5.26 Å². The lowest BCUT2D eigenvalue weighted by molar-refractivity contribution is 0.0200. The van der Waals surface area contributed by atoms with Crippen LogP contribution in [0.15, 0.2) is 0 Å².